The lowest BCUT2D eigenvalue weighted by atomic mass is 9.99. The molecular weight excluding hydrogens is 613 g/mol. The molecule has 0 spiro atoms. The van der Waals surface area contributed by atoms with E-state index in [2.05, 4.69) is 5.32 Å². The highest BCUT2D eigenvalue weighted by molar-refractivity contribution is 6.03. The Hall–Kier alpha value is -4.74. The second-order valence-corrected chi connectivity index (χ2v) is 10.3. The summed E-state index contributed by atoms with van der Waals surface area (Å²) in [7, 11) is 0. The summed E-state index contributed by atoms with van der Waals surface area (Å²) in [6, 6.07) is 14.7. The molecule has 0 saturated carbocycles. The number of alkyl halides is 3. The van der Waals surface area contributed by atoms with E-state index in [0.29, 0.717) is 0 Å². The average Bonchev–Trinajstić information content (AvgIpc) is 3.02. The first kappa shape index (κ1) is 34.1. The van der Waals surface area contributed by atoms with E-state index >= 15 is 0 Å². The van der Waals surface area contributed by atoms with Gasteiger partial charge in [-0.2, -0.15) is 13.2 Å². The molecule has 6 unspecified atom stereocenters. The van der Waals surface area contributed by atoms with Crippen molar-refractivity contribution in [3.8, 4) is 5.75 Å². The summed E-state index contributed by atoms with van der Waals surface area (Å²) in [4.78, 5) is 15.1. The fraction of sp³-hybridized carbons (Fsp3) is 0.300. The van der Waals surface area contributed by atoms with Gasteiger partial charge in [0.05, 0.1) is 12.2 Å². The molecule has 0 bridgehead atoms. The van der Waals surface area contributed by atoms with Crippen LogP contribution in [0.5, 0.6) is 5.75 Å². The van der Waals surface area contributed by atoms with Crippen LogP contribution in [-0.2, 0) is 22.3 Å². The van der Waals surface area contributed by atoms with E-state index in [0.717, 1.165) is 11.0 Å². The maximum Gasteiger partial charge on any atom is 0.416 e. The number of carbonyl (C=O) groups excluding carboxylic acids is 1. The number of nitrogen functional groups attached to an aromatic ring is 1. The van der Waals surface area contributed by atoms with Crippen molar-refractivity contribution in [2.75, 3.05) is 11.5 Å². The fourth-order valence-corrected chi connectivity index (χ4v) is 4.98. The minimum atomic E-state index is -4.70. The summed E-state index contributed by atoms with van der Waals surface area (Å²) >= 11 is 0. The van der Waals surface area contributed by atoms with Crippen molar-refractivity contribution in [2.45, 2.75) is 49.5 Å². The van der Waals surface area contributed by atoms with Crippen LogP contribution >= 0.6 is 0 Å². The molecule has 4 rings (SSSR count). The maximum atomic E-state index is 14.0. The lowest BCUT2D eigenvalue weighted by Crippen LogP contribution is -2.60. The number of aliphatic hydroxyl groups excluding tert-OH is 4. The largest absolute Gasteiger partial charge is 0.462 e. The predicted octanol–water partition coefficient (Wildman–Crippen LogP) is 0.926. The molecule has 6 atom stereocenters. The Morgan fingerprint density at radius 3 is 2.30 bits per heavy atom. The van der Waals surface area contributed by atoms with Crippen molar-refractivity contribution >= 4 is 23.4 Å². The Morgan fingerprint density at radius 1 is 0.978 bits per heavy atom. The summed E-state index contributed by atoms with van der Waals surface area (Å²) in [5.74, 6) is -2.08. The standard InChI is InChI=1S/C30H33F3N6O7/c31-30(32,33)19-10-3-1-6-16(19)13-38-27(44)22(39(29(36)37)17-8-5-7-15(12-17)26(34)35)18-9-2-4-11-20(18)45-28-25(43)24(42)23(41)21(14-40)46-28/h1-12,21-25,28,40-43H,13-14H2,(H3,34,35)(H3,36,37)(H,38,44). The van der Waals surface area contributed by atoms with Gasteiger partial charge in [0.25, 0.3) is 0 Å². The molecule has 1 saturated heterocycles. The number of benzene rings is 3. The lowest BCUT2D eigenvalue weighted by molar-refractivity contribution is -0.277. The SMILES string of the molecule is N=C(N)c1cccc(N(C(=N)N)C(C(=O)NCc2ccccc2C(F)(F)F)c2ccccc2OC2OC(CO)C(O)C(O)C2O)c1. The van der Waals surface area contributed by atoms with Gasteiger partial charge in [-0.25, -0.2) is 0 Å². The summed E-state index contributed by atoms with van der Waals surface area (Å²) < 4.78 is 52.3. The summed E-state index contributed by atoms with van der Waals surface area (Å²) in [6.45, 7) is -1.30. The molecule has 0 aromatic heterocycles. The number of amides is 1. The van der Waals surface area contributed by atoms with Gasteiger partial charge >= 0.3 is 6.18 Å². The van der Waals surface area contributed by atoms with Gasteiger partial charge in [0.1, 0.15) is 42.0 Å². The van der Waals surface area contributed by atoms with Gasteiger partial charge < -0.3 is 46.7 Å². The van der Waals surface area contributed by atoms with Crippen molar-refractivity contribution < 1.29 is 47.9 Å². The van der Waals surface area contributed by atoms with Crippen molar-refractivity contribution in [2.24, 2.45) is 11.5 Å². The van der Waals surface area contributed by atoms with Crippen molar-refractivity contribution in [3.63, 3.8) is 0 Å². The molecule has 1 fully saturated rings. The topological polar surface area (TPSA) is 231 Å². The monoisotopic (exact) mass is 646 g/mol. The molecule has 1 aliphatic rings. The van der Waals surface area contributed by atoms with Crippen LogP contribution in [-0.4, -0.2) is 75.4 Å². The van der Waals surface area contributed by atoms with E-state index in [1.165, 1.54) is 66.7 Å². The minimum absolute atomic E-state index is 0.00973. The van der Waals surface area contributed by atoms with Gasteiger partial charge in [-0.3, -0.25) is 20.5 Å². The number of guanidine groups is 1. The normalized spacial score (nSPS) is 22.0. The molecule has 1 amide bonds. The van der Waals surface area contributed by atoms with Crippen molar-refractivity contribution in [1.82, 2.24) is 5.32 Å². The van der Waals surface area contributed by atoms with E-state index < -0.39 is 73.5 Å². The number of hydrogen-bond donors (Lipinski definition) is 9. The van der Waals surface area contributed by atoms with Crippen molar-refractivity contribution in [3.05, 3.63) is 95.1 Å². The fourth-order valence-electron chi connectivity index (χ4n) is 4.98. The molecule has 13 nitrogen and oxygen atoms in total. The van der Waals surface area contributed by atoms with Crippen LogP contribution in [0.15, 0.2) is 72.8 Å². The quantitative estimate of drug-likeness (QED) is 0.112. The first-order valence-electron chi connectivity index (χ1n) is 13.8. The molecule has 0 radical (unpaired) electrons. The highest BCUT2D eigenvalue weighted by Crippen LogP contribution is 2.36. The Balaban J connectivity index is 1.79. The first-order chi connectivity index (χ1) is 21.7. The number of para-hydroxylation sites is 1. The third-order valence-electron chi connectivity index (χ3n) is 7.28. The van der Waals surface area contributed by atoms with Crippen LogP contribution in [0.4, 0.5) is 18.9 Å². The van der Waals surface area contributed by atoms with Crippen LogP contribution in [0.25, 0.3) is 0 Å². The van der Waals surface area contributed by atoms with Gasteiger partial charge in [0.15, 0.2) is 5.96 Å². The number of aliphatic hydroxyl groups is 4. The number of nitrogens with one attached hydrogen (secondary N) is 3. The Morgan fingerprint density at radius 2 is 1.65 bits per heavy atom. The number of anilines is 1. The number of rotatable bonds is 10. The molecular formula is C30H33F3N6O7. The second kappa shape index (κ2) is 14.1. The number of halogens is 3. The number of nitrogens with zero attached hydrogens (tertiary/aromatic N) is 1. The lowest BCUT2D eigenvalue weighted by Gasteiger charge is -2.40. The Kier molecular flexibility index (Phi) is 10.5. The van der Waals surface area contributed by atoms with E-state index in [-0.39, 0.29) is 34.0 Å². The van der Waals surface area contributed by atoms with E-state index in [1.54, 1.807) is 0 Å². The van der Waals surface area contributed by atoms with Gasteiger partial charge in [-0.05, 0) is 29.8 Å². The van der Waals surface area contributed by atoms with Crippen LogP contribution in [0.3, 0.4) is 0 Å². The number of ether oxygens (including phenoxy) is 2. The Labute approximate surface area is 260 Å². The summed E-state index contributed by atoms with van der Waals surface area (Å²) in [6.07, 6.45) is -12.9. The molecule has 0 aliphatic carbocycles. The molecule has 1 heterocycles. The van der Waals surface area contributed by atoms with E-state index in [1.807, 2.05) is 0 Å². The summed E-state index contributed by atoms with van der Waals surface area (Å²) in [5.41, 5.74) is 10.8. The predicted molar refractivity (Wildman–Crippen MR) is 159 cm³/mol. The van der Waals surface area contributed by atoms with E-state index in [9.17, 15) is 38.4 Å². The van der Waals surface area contributed by atoms with Crippen molar-refractivity contribution in [1.29, 1.82) is 10.8 Å². The molecule has 1 aliphatic heterocycles. The first-order valence-corrected chi connectivity index (χ1v) is 13.8. The zero-order valence-electron chi connectivity index (χ0n) is 24.1. The smallest absolute Gasteiger partial charge is 0.416 e. The van der Waals surface area contributed by atoms with Crippen LogP contribution in [0, 0.1) is 10.8 Å². The van der Waals surface area contributed by atoms with Crippen LogP contribution < -0.4 is 26.4 Å². The third-order valence-corrected chi connectivity index (χ3v) is 7.28. The zero-order chi connectivity index (χ0) is 33.8. The minimum Gasteiger partial charge on any atom is -0.462 e. The van der Waals surface area contributed by atoms with Crippen LogP contribution in [0.2, 0.25) is 0 Å². The zero-order valence-corrected chi connectivity index (χ0v) is 24.1. The number of amidine groups is 1. The molecule has 3 aromatic carbocycles. The van der Waals surface area contributed by atoms with Gasteiger partial charge in [-0.1, -0.05) is 48.5 Å². The maximum absolute atomic E-state index is 14.0. The van der Waals surface area contributed by atoms with Gasteiger partial charge in [0.2, 0.25) is 12.2 Å². The second-order valence-electron chi connectivity index (χ2n) is 10.3. The Bertz CT molecular complexity index is 1570. The summed E-state index contributed by atoms with van der Waals surface area (Å²) in [5, 5.41) is 59.3. The molecule has 11 N–H and O–H groups in total. The van der Waals surface area contributed by atoms with Crippen LogP contribution in [0.1, 0.15) is 28.3 Å². The van der Waals surface area contributed by atoms with E-state index in [4.69, 9.17) is 31.8 Å². The molecule has 3 aromatic rings. The number of hydrogen-bond acceptors (Lipinski definition) is 9. The van der Waals surface area contributed by atoms with Gasteiger partial charge in [-0.15, -0.1) is 0 Å². The average molecular weight is 647 g/mol. The number of nitrogens with two attached hydrogens (primary N) is 2. The highest BCUT2D eigenvalue weighted by Gasteiger charge is 2.45. The number of carbonyl (C=O) groups is 1. The van der Waals surface area contributed by atoms with Gasteiger partial charge in [0, 0.05) is 23.4 Å². The third kappa shape index (κ3) is 7.38. The molecule has 246 valence electrons. The highest BCUT2D eigenvalue weighted by atomic mass is 19.4. The molecule has 46 heavy (non-hydrogen) atoms. The molecule has 16 heteroatoms.